The van der Waals surface area contributed by atoms with E-state index in [0.29, 0.717) is 38.5 Å². The molecule has 0 rings (SSSR count). The zero-order valence-electron chi connectivity index (χ0n) is 62.7. The Labute approximate surface area is 615 Å². The van der Waals surface area contributed by atoms with Crippen molar-refractivity contribution in [2.24, 2.45) is 0 Å². The molecule has 0 saturated carbocycles. The summed E-state index contributed by atoms with van der Waals surface area (Å²) in [6.45, 7) is 4.30. The Bertz CT molecular complexity index is 2650. The van der Waals surface area contributed by atoms with Gasteiger partial charge in [0.1, 0.15) is 19.3 Å². The molecule has 0 aliphatic carbocycles. The third-order valence-corrected chi connectivity index (χ3v) is 16.7. The van der Waals surface area contributed by atoms with E-state index in [0.717, 1.165) is 161 Å². The molecule has 0 amide bonds. The first-order valence-corrected chi connectivity index (χ1v) is 41.0. The van der Waals surface area contributed by atoms with Crippen molar-refractivity contribution in [2.45, 2.75) is 277 Å². The number of phosphoric acid groups is 2. The SMILES string of the molecule is CC/C=C\C/C=C\C/C=C\C/C=C\C/C=C\C/C=C\CCC(=O)OCC(COP(=O)(O)OCC(O)COP(=O)(O)OCC(COC(=O)CC/C=C\C/C=C\C/C=C\C/C=C\C/C=C\C/C=C\CC)OC(=O)CCCCCCC/C=C\CCCC)OC(=O)CCCCCCC/C=C\C/C=C\CCC. The topological polar surface area (TPSA) is 237 Å². The average molecular weight is 1460 g/mol. The Balaban J connectivity index is 5.46. The number of carbonyl (C=O) groups is 4. The summed E-state index contributed by atoms with van der Waals surface area (Å²) in [5, 5.41) is 10.6. The largest absolute Gasteiger partial charge is 0.472 e. The smallest absolute Gasteiger partial charge is 0.462 e. The predicted octanol–water partition coefficient (Wildman–Crippen LogP) is 22.0. The van der Waals surface area contributed by atoms with Gasteiger partial charge in [-0.05, 0) is 148 Å². The highest BCUT2D eigenvalue weighted by atomic mass is 31.2. The normalized spacial score (nSPS) is 14.9. The lowest BCUT2D eigenvalue weighted by molar-refractivity contribution is -0.161. The van der Waals surface area contributed by atoms with Crippen LogP contribution in [-0.2, 0) is 65.4 Å². The van der Waals surface area contributed by atoms with E-state index in [4.69, 9.17) is 37.0 Å². The van der Waals surface area contributed by atoms with Crippen LogP contribution >= 0.6 is 15.6 Å². The minimum absolute atomic E-state index is 0.0251. The zero-order valence-corrected chi connectivity index (χ0v) is 64.5. The van der Waals surface area contributed by atoms with E-state index in [1.807, 2.05) is 36.5 Å². The van der Waals surface area contributed by atoms with Crippen LogP contribution in [0, 0.1) is 0 Å². The van der Waals surface area contributed by atoms with Gasteiger partial charge in [-0.1, -0.05) is 268 Å². The number of hydrogen-bond donors (Lipinski definition) is 3. The molecular weight excluding hydrogens is 1330 g/mol. The predicted molar refractivity (Wildman–Crippen MR) is 417 cm³/mol. The van der Waals surface area contributed by atoms with E-state index >= 15 is 0 Å². The number of ether oxygens (including phenoxy) is 4. The van der Waals surface area contributed by atoms with Crippen molar-refractivity contribution in [3.8, 4) is 0 Å². The fourth-order valence-corrected chi connectivity index (χ4v) is 10.7. The molecule has 0 heterocycles. The Kier molecular flexibility index (Phi) is 69.3. The van der Waals surface area contributed by atoms with Gasteiger partial charge in [0.2, 0.25) is 0 Å². The number of rotatable bonds is 69. The van der Waals surface area contributed by atoms with E-state index in [-0.39, 0.29) is 25.7 Å². The molecule has 0 aromatic carbocycles. The standard InChI is InChI=1S/C83H132O17P2/c1-5-9-13-17-21-25-29-32-34-36-38-40-42-45-48-51-55-59-63-67-80(85)93-73-78(99-82(87)69-65-61-57-53-47-28-24-20-16-12-8-4)75-97-101(89,90)95-71-77(84)72-96-102(91,92)98-76-79(100-83(88)70-66-62-58-54-50-44-31-27-23-19-15-11-7-3)74-94-81(86)68-64-60-56-52-49-46-43-41-39-37-35-33-30-26-22-18-14-10-6-2/h9-10,13-15,19-22,24-27,31-35,38-41,45-46,48-49,55-56,59-60,77-79,84H,5-8,11-12,16-18,23,28-30,36-37,42-44,47,50-54,57-58,61-76H2,1-4H3,(H,89,90)(H,91,92)/b13-9-,14-10-,19-15-,24-20-,25-21-,26-22-,31-27-,34-32-,35-33-,40-38-,41-39-,48-45-,49-46-,59-55-,60-56-. The highest BCUT2D eigenvalue weighted by molar-refractivity contribution is 7.47. The molecule has 0 aliphatic heterocycles. The first kappa shape index (κ1) is 96.2. The molecule has 0 aliphatic rings. The van der Waals surface area contributed by atoms with Crippen molar-refractivity contribution in [1.29, 1.82) is 0 Å². The third-order valence-electron chi connectivity index (χ3n) is 14.8. The number of carbonyl (C=O) groups excluding carboxylic acids is 4. The van der Waals surface area contributed by atoms with Crippen molar-refractivity contribution in [2.75, 3.05) is 39.6 Å². The molecule has 0 aromatic heterocycles. The van der Waals surface area contributed by atoms with Crippen molar-refractivity contribution in [3.05, 3.63) is 182 Å². The average Bonchev–Trinajstić information content (AvgIpc) is 0.907. The van der Waals surface area contributed by atoms with Gasteiger partial charge < -0.3 is 33.8 Å². The molecular formula is C83H132O17P2. The van der Waals surface area contributed by atoms with Gasteiger partial charge in [-0.25, -0.2) is 9.13 Å². The number of allylic oxidation sites excluding steroid dienone is 30. The third kappa shape index (κ3) is 72.5. The second-order valence-corrected chi connectivity index (χ2v) is 27.4. The van der Waals surface area contributed by atoms with Crippen LogP contribution in [-0.4, -0.2) is 96.7 Å². The van der Waals surface area contributed by atoms with Crippen LogP contribution in [0.25, 0.3) is 0 Å². The summed E-state index contributed by atoms with van der Waals surface area (Å²) in [5.41, 5.74) is 0. The lowest BCUT2D eigenvalue weighted by Crippen LogP contribution is -2.30. The molecule has 0 bridgehead atoms. The minimum atomic E-state index is -5.01. The maximum absolute atomic E-state index is 13.1. The summed E-state index contributed by atoms with van der Waals surface area (Å²) in [6.07, 6.45) is 87.8. The quantitative estimate of drug-likeness (QED) is 0.0169. The van der Waals surface area contributed by atoms with E-state index in [1.165, 1.54) is 6.42 Å². The maximum atomic E-state index is 13.1. The van der Waals surface area contributed by atoms with Crippen molar-refractivity contribution in [3.63, 3.8) is 0 Å². The lowest BCUT2D eigenvalue weighted by Gasteiger charge is -2.21. The fourth-order valence-electron chi connectivity index (χ4n) is 9.11. The number of unbranched alkanes of at least 4 members (excludes halogenated alkanes) is 13. The molecule has 0 radical (unpaired) electrons. The molecule has 19 heteroatoms. The Hall–Kier alpha value is -5.84. The highest BCUT2D eigenvalue weighted by Gasteiger charge is 2.30. The Morgan fingerprint density at radius 3 is 0.873 bits per heavy atom. The summed E-state index contributed by atoms with van der Waals surface area (Å²) in [6, 6.07) is 0. The van der Waals surface area contributed by atoms with Gasteiger partial charge in [0.15, 0.2) is 12.2 Å². The van der Waals surface area contributed by atoms with Gasteiger partial charge in [0, 0.05) is 25.7 Å². The van der Waals surface area contributed by atoms with Crippen molar-refractivity contribution >= 4 is 39.5 Å². The van der Waals surface area contributed by atoms with Crippen molar-refractivity contribution in [1.82, 2.24) is 0 Å². The van der Waals surface area contributed by atoms with Gasteiger partial charge in [-0.15, -0.1) is 0 Å². The number of hydrogen-bond acceptors (Lipinski definition) is 15. The second-order valence-electron chi connectivity index (χ2n) is 24.5. The summed E-state index contributed by atoms with van der Waals surface area (Å²) < 4.78 is 68.2. The number of aliphatic hydroxyl groups excluding tert-OH is 1. The van der Waals surface area contributed by atoms with E-state index in [2.05, 4.69) is 174 Å². The molecule has 576 valence electrons. The number of aliphatic hydroxyl groups is 1. The Morgan fingerprint density at radius 1 is 0.284 bits per heavy atom. The van der Waals surface area contributed by atoms with Crippen LogP contribution in [0.15, 0.2) is 182 Å². The zero-order chi connectivity index (χ0) is 74.6. The van der Waals surface area contributed by atoms with Crippen LogP contribution in [0.4, 0.5) is 0 Å². The van der Waals surface area contributed by atoms with Crippen LogP contribution in [0.3, 0.4) is 0 Å². The van der Waals surface area contributed by atoms with Crippen LogP contribution in [0.2, 0.25) is 0 Å². The van der Waals surface area contributed by atoms with Crippen LogP contribution < -0.4 is 0 Å². The molecule has 0 saturated heterocycles. The number of phosphoric ester groups is 2. The lowest BCUT2D eigenvalue weighted by atomic mass is 10.1. The van der Waals surface area contributed by atoms with E-state index in [1.54, 1.807) is 0 Å². The summed E-state index contributed by atoms with van der Waals surface area (Å²) >= 11 is 0. The first-order chi connectivity index (χ1) is 49.7. The second kappa shape index (κ2) is 73.5. The monoisotopic (exact) mass is 1460 g/mol. The molecule has 0 spiro atoms. The van der Waals surface area contributed by atoms with Gasteiger partial charge >= 0.3 is 39.5 Å². The summed E-state index contributed by atoms with van der Waals surface area (Å²) in [7, 11) is -10.0. The first-order valence-electron chi connectivity index (χ1n) is 38.0. The fraction of sp³-hybridized carbons (Fsp3) is 0.590. The van der Waals surface area contributed by atoms with Gasteiger partial charge in [-0.2, -0.15) is 0 Å². The summed E-state index contributed by atoms with van der Waals surface area (Å²) in [5.74, 6) is -2.42. The van der Waals surface area contributed by atoms with Gasteiger partial charge in [-0.3, -0.25) is 37.3 Å². The number of esters is 4. The highest BCUT2D eigenvalue weighted by Crippen LogP contribution is 2.45. The maximum Gasteiger partial charge on any atom is 0.472 e. The molecule has 3 N–H and O–H groups in total. The molecule has 102 heavy (non-hydrogen) atoms. The van der Waals surface area contributed by atoms with Gasteiger partial charge in [0.25, 0.3) is 0 Å². The van der Waals surface area contributed by atoms with E-state index < -0.39 is 97.5 Å². The Morgan fingerprint density at radius 2 is 0.549 bits per heavy atom. The van der Waals surface area contributed by atoms with Crippen LogP contribution in [0.5, 0.6) is 0 Å². The minimum Gasteiger partial charge on any atom is -0.462 e. The van der Waals surface area contributed by atoms with Crippen LogP contribution in [0.1, 0.15) is 259 Å². The summed E-state index contributed by atoms with van der Waals surface area (Å²) in [4.78, 5) is 72.7. The molecule has 5 unspecified atom stereocenters. The molecule has 17 nitrogen and oxygen atoms in total. The van der Waals surface area contributed by atoms with Gasteiger partial charge in [0.05, 0.1) is 26.4 Å². The van der Waals surface area contributed by atoms with E-state index in [9.17, 15) is 43.2 Å². The molecule has 0 aromatic rings. The van der Waals surface area contributed by atoms with Crippen molar-refractivity contribution < 1.29 is 80.2 Å². The molecule has 5 atom stereocenters. The molecule has 0 fully saturated rings.